The molecular formula is C10H16F3N3OS. The van der Waals surface area contributed by atoms with E-state index in [0.29, 0.717) is 6.42 Å². The first kappa shape index (κ1) is 16.7. The molecule has 3 N–H and O–H groups in total. The number of hydrogen-bond acceptors (Lipinski definition) is 2. The normalized spacial score (nSPS) is 12.5. The van der Waals surface area contributed by atoms with Gasteiger partial charge in [0.2, 0.25) is 5.91 Å². The van der Waals surface area contributed by atoms with Crippen LogP contribution in [0.3, 0.4) is 0 Å². The Kier molecular flexibility index (Phi) is 6.67. The Hall–Kier alpha value is -1.31. The van der Waals surface area contributed by atoms with Crippen molar-refractivity contribution < 1.29 is 18.0 Å². The molecule has 4 nitrogen and oxygen atoms in total. The van der Waals surface area contributed by atoms with Crippen LogP contribution in [0.4, 0.5) is 13.2 Å². The second-order valence-electron chi connectivity index (χ2n) is 3.97. The molecular weight excluding hydrogens is 267 g/mol. The van der Waals surface area contributed by atoms with Gasteiger partial charge in [-0.3, -0.25) is 15.6 Å². The summed E-state index contributed by atoms with van der Waals surface area (Å²) in [5.41, 5.74) is 5.27. The van der Waals surface area contributed by atoms with E-state index in [1.54, 1.807) is 13.8 Å². The maximum absolute atomic E-state index is 11.8. The van der Waals surface area contributed by atoms with Crippen LogP contribution in [0.15, 0.2) is 12.2 Å². The summed E-state index contributed by atoms with van der Waals surface area (Å²) in [7, 11) is 0. The number of rotatable bonds is 4. The number of nitrogens with one attached hydrogen (secondary N) is 3. The molecule has 1 atom stereocenters. The number of hydrogen-bond donors (Lipinski definition) is 3. The van der Waals surface area contributed by atoms with Gasteiger partial charge in [-0.05, 0) is 25.6 Å². The third-order valence-corrected chi connectivity index (χ3v) is 2.10. The Morgan fingerprint density at radius 2 is 1.94 bits per heavy atom. The Labute approximate surface area is 109 Å². The van der Waals surface area contributed by atoms with Gasteiger partial charge in [0.25, 0.3) is 0 Å². The summed E-state index contributed by atoms with van der Waals surface area (Å²) in [6.07, 6.45) is -3.86. The lowest BCUT2D eigenvalue weighted by Gasteiger charge is -2.15. The first-order valence-corrected chi connectivity index (χ1v) is 5.57. The molecule has 0 aliphatic rings. The summed E-state index contributed by atoms with van der Waals surface area (Å²) in [5, 5.41) is 1.63. The van der Waals surface area contributed by atoms with Gasteiger partial charge in [-0.15, -0.1) is 6.58 Å². The largest absolute Gasteiger partial charge is 0.405 e. The molecule has 0 saturated heterocycles. The Morgan fingerprint density at radius 1 is 1.39 bits per heavy atom. The first-order valence-electron chi connectivity index (χ1n) is 5.16. The maximum atomic E-state index is 11.8. The van der Waals surface area contributed by atoms with Crippen molar-refractivity contribution in [3.63, 3.8) is 0 Å². The second kappa shape index (κ2) is 7.20. The van der Waals surface area contributed by atoms with Gasteiger partial charge < -0.3 is 5.32 Å². The molecule has 0 spiro atoms. The molecule has 0 aliphatic heterocycles. The molecule has 8 heteroatoms. The lowest BCUT2D eigenvalue weighted by molar-refractivity contribution is -0.125. The molecule has 1 unspecified atom stereocenters. The minimum absolute atomic E-state index is 0.289. The molecule has 104 valence electrons. The van der Waals surface area contributed by atoms with Crippen LogP contribution in [-0.4, -0.2) is 23.7 Å². The predicted octanol–water partition coefficient (Wildman–Crippen LogP) is 1.65. The Balaban J connectivity index is 3.92. The van der Waals surface area contributed by atoms with Crippen molar-refractivity contribution in [2.75, 3.05) is 6.54 Å². The molecule has 0 heterocycles. The zero-order valence-corrected chi connectivity index (χ0v) is 11.0. The summed E-state index contributed by atoms with van der Waals surface area (Å²) < 4.78 is 35.5. The highest BCUT2D eigenvalue weighted by Crippen LogP contribution is 2.12. The molecule has 0 saturated carbocycles. The van der Waals surface area contributed by atoms with Gasteiger partial charge in [0.15, 0.2) is 5.11 Å². The second-order valence-corrected chi connectivity index (χ2v) is 4.38. The van der Waals surface area contributed by atoms with Gasteiger partial charge in [0.05, 0.1) is 0 Å². The van der Waals surface area contributed by atoms with Gasteiger partial charge in [0, 0.05) is 5.92 Å². The topological polar surface area (TPSA) is 53.2 Å². The minimum atomic E-state index is -4.36. The standard InChI is InChI=1S/C10H16F3N3OS/c1-6(2)4-7(3)8(17)15-16-9(18)14-5-10(11,12)13/h7H,1,4-5H2,2-3H3,(H,15,17)(H2,14,16,18). The average Bonchev–Trinajstić information content (AvgIpc) is 2.20. The maximum Gasteiger partial charge on any atom is 0.405 e. The fourth-order valence-corrected chi connectivity index (χ4v) is 1.20. The molecule has 0 aromatic heterocycles. The van der Waals surface area contributed by atoms with Crippen LogP contribution in [-0.2, 0) is 4.79 Å². The number of amides is 1. The van der Waals surface area contributed by atoms with Crippen LogP contribution in [0.25, 0.3) is 0 Å². The van der Waals surface area contributed by atoms with E-state index in [1.165, 1.54) is 0 Å². The highest BCUT2D eigenvalue weighted by atomic mass is 32.1. The van der Waals surface area contributed by atoms with E-state index in [9.17, 15) is 18.0 Å². The smallest absolute Gasteiger partial charge is 0.352 e. The zero-order valence-electron chi connectivity index (χ0n) is 10.1. The van der Waals surface area contributed by atoms with Gasteiger partial charge in [-0.1, -0.05) is 12.5 Å². The van der Waals surface area contributed by atoms with E-state index in [2.05, 4.69) is 29.6 Å². The Morgan fingerprint density at radius 3 is 2.39 bits per heavy atom. The van der Waals surface area contributed by atoms with Gasteiger partial charge in [-0.2, -0.15) is 13.2 Å². The van der Waals surface area contributed by atoms with Crippen LogP contribution >= 0.6 is 12.2 Å². The number of allylic oxidation sites excluding steroid dienone is 1. The molecule has 18 heavy (non-hydrogen) atoms. The van der Waals surface area contributed by atoms with Crippen molar-refractivity contribution in [1.29, 1.82) is 0 Å². The molecule has 0 aromatic carbocycles. The van der Waals surface area contributed by atoms with Crippen molar-refractivity contribution in [2.45, 2.75) is 26.4 Å². The van der Waals surface area contributed by atoms with Gasteiger partial charge in [-0.25, -0.2) is 0 Å². The van der Waals surface area contributed by atoms with E-state index in [-0.39, 0.29) is 16.9 Å². The first-order chi connectivity index (χ1) is 8.11. The SMILES string of the molecule is C=C(C)CC(C)C(=O)NNC(=S)NCC(F)(F)F. The Bertz CT molecular complexity index is 331. The molecule has 0 rings (SSSR count). The van der Waals surface area contributed by atoms with E-state index in [4.69, 9.17) is 0 Å². The van der Waals surface area contributed by atoms with Crippen LogP contribution in [0.1, 0.15) is 20.3 Å². The number of carbonyl (C=O) groups excluding carboxylic acids is 1. The predicted molar refractivity (Wildman–Crippen MR) is 66.5 cm³/mol. The van der Waals surface area contributed by atoms with E-state index in [0.717, 1.165) is 5.57 Å². The molecule has 0 aliphatic carbocycles. The zero-order chi connectivity index (χ0) is 14.3. The molecule has 0 fully saturated rings. The monoisotopic (exact) mass is 283 g/mol. The van der Waals surface area contributed by atoms with Crippen LogP contribution < -0.4 is 16.2 Å². The molecule has 1 amide bonds. The van der Waals surface area contributed by atoms with E-state index < -0.39 is 12.7 Å². The summed E-state index contributed by atoms with van der Waals surface area (Å²) in [5.74, 6) is -0.699. The van der Waals surface area contributed by atoms with Crippen molar-refractivity contribution in [1.82, 2.24) is 16.2 Å². The highest BCUT2D eigenvalue weighted by Gasteiger charge is 2.27. The third kappa shape index (κ3) is 8.80. The van der Waals surface area contributed by atoms with Gasteiger partial charge >= 0.3 is 6.18 Å². The molecule has 0 bridgehead atoms. The number of alkyl halides is 3. The fraction of sp³-hybridized carbons (Fsp3) is 0.600. The number of halogens is 3. The minimum Gasteiger partial charge on any atom is -0.352 e. The third-order valence-electron chi connectivity index (χ3n) is 1.85. The van der Waals surface area contributed by atoms with Crippen molar-refractivity contribution in [3.05, 3.63) is 12.2 Å². The average molecular weight is 283 g/mol. The summed E-state index contributed by atoms with van der Waals surface area (Å²) >= 11 is 4.56. The number of carbonyl (C=O) groups is 1. The van der Waals surface area contributed by atoms with Crippen molar-refractivity contribution in [2.24, 2.45) is 5.92 Å². The van der Waals surface area contributed by atoms with Crippen LogP contribution in [0, 0.1) is 5.92 Å². The molecule has 0 radical (unpaired) electrons. The summed E-state index contributed by atoms with van der Waals surface area (Å²) in [6.45, 7) is 5.87. The summed E-state index contributed by atoms with van der Waals surface area (Å²) in [6, 6.07) is 0. The van der Waals surface area contributed by atoms with Crippen LogP contribution in [0.5, 0.6) is 0 Å². The van der Waals surface area contributed by atoms with Gasteiger partial charge in [0.1, 0.15) is 6.54 Å². The number of thiocarbonyl (C=S) groups is 1. The van der Waals surface area contributed by atoms with Crippen LogP contribution in [0.2, 0.25) is 0 Å². The number of hydrazine groups is 1. The highest BCUT2D eigenvalue weighted by molar-refractivity contribution is 7.80. The lowest BCUT2D eigenvalue weighted by atomic mass is 10.0. The van der Waals surface area contributed by atoms with Crippen molar-refractivity contribution in [3.8, 4) is 0 Å². The fourth-order valence-electron chi connectivity index (χ4n) is 1.08. The lowest BCUT2D eigenvalue weighted by Crippen LogP contribution is -2.50. The van der Waals surface area contributed by atoms with E-state index >= 15 is 0 Å². The summed E-state index contributed by atoms with van der Waals surface area (Å²) in [4.78, 5) is 11.5. The quantitative estimate of drug-likeness (QED) is 0.417. The van der Waals surface area contributed by atoms with Crippen molar-refractivity contribution >= 4 is 23.2 Å². The van der Waals surface area contributed by atoms with E-state index in [1.807, 2.05) is 5.32 Å². The molecule has 0 aromatic rings.